The molecule has 186 valence electrons. The van der Waals surface area contributed by atoms with Gasteiger partial charge in [-0.05, 0) is 48.4 Å². The van der Waals surface area contributed by atoms with Gasteiger partial charge in [0.15, 0.2) is 0 Å². The summed E-state index contributed by atoms with van der Waals surface area (Å²) in [5.41, 5.74) is 2.90. The van der Waals surface area contributed by atoms with E-state index in [2.05, 4.69) is 11.9 Å². The lowest BCUT2D eigenvalue weighted by atomic mass is 9.95. The Hall–Kier alpha value is -3.81. The summed E-state index contributed by atoms with van der Waals surface area (Å²) in [5.74, 6) is -1.26. The van der Waals surface area contributed by atoms with Crippen molar-refractivity contribution in [2.45, 2.75) is 37.6 Å². The molecule has 1 atom stereocenters. The average molecular weight is 481 g/mol. The summed E-state index contributed by atoms with van der Waals surface area (Å²) in [6, 6.07) is 16.0. The molecule has 0 bridgehead atoms. The van der Waals surface area contributed by atoms with Crippen LogP contribution in [-0.2, 0) is 14.3 Å². The lowest BCUT2D eigenvalue weighted by Crippen LogP contribution is -2.52. The van der Waals surface area contributed by atoms with Crippen LogP contribution in [0.3, 0.4) is 0 Å². The minimum Gasteiger partial charge on any atom is -0.480 e. The van der Waals surface area contributed by atoms with E-state index in [0.29, 0.717) is 19.4 Å². The quantitative estimate of drug-likeness (QED) is 0.354. The maximum atomic E-state index is 12.6. The predicted molar refractivity (Wildman–Crippen MR) is 132 cm³/mol. The number of alkyl carbamates (subject to hydrolysis) is 1. The number of hydrogen-bond acceptors (Lipinski definition) is 5. The van der Waals surface area contributed by atoms with E-state index in [1.165, 1.54) is 17.9 Å². The number of hydrogen-bond donors (Lipinski definition) is 2. The van der Waals surface area contributed by atoms with Crippen molar-refractivity contribution < 1.29 is 29.0 Å². The molecule has 1 aliphatic rings. The van der Waals surface area contributed by atoms with Gasteiger partial charge in [0, 0.05) is 19.5 Å². The van der Waals surface area contributed by atoms with Crippen LogP contribution in [0.1, 0.15) is 43.2 Å². The molecule has 2 amide bonds. The second-order valence-electron chi connectivity index (χ2n) is 8.83. The molecule has 0 fully saturated rings. The highest BCUT2D eigenvalue weighted by molar-refractivity contribution is 5.84. The monoisotopic (exact) mass is 480 g/mol. The molecule has 35 heavy (non-hydrogen) atoms. The van der Waals surface area contributed by atoms with Gasteiger partial charge in [0.05, 0.1) is 0 Å². The van der Waals surface area contributed by atoms with Crippen LogP contribution in [0.4, 0.5) is 9.59 Å². The summed E-state index contributed by atoms with van der Waals surface area (Å²) in [6.45, 7) is 5.58. The fraction of sp³-hybridized carbons (Fsp3) is 0.370. The third kappa shape index (κ3) is 6.20. The van der Waals surface area contributed by atoms with Crippen LogP contribution in [0.25, 0.3) is 11.1 Å². The largest absolute Gasteiger partial charge is 0.480 e. The Balaban J connectivity index is 1.53. The number of rotatable bonds is 11. The number of fused-ring (bicyclic) bond motifs is 3. The van der Waals surface area contributed by atoms with Crippen molar-refractivity contribution in [1.29, 1.82) is 0 Å². The van der Waals surface area contributed by atoms with Crippen LogP contribution in [0.15, 0.2) is 61.2 Å². The minimum atomic E-state index is -1.50. The number of nitrogens with one attached hydrogen (secondary N) is 1. The van der Waals surface area contributed by atoms with Gasteiger partial charge in [-0.15, -0.1) is 0 Å². The number of ether oxygens (including phenoxy) is 2. The molecule has 0 aliphatic heterocycles. The molecule has 0 radical (unpaired) electrons. The fourth-order valence-corrected chi connectivity index (χ4v) is 4.24. The molecule has 0 unspecified atom stereocenters. The van der Waals surface area contributed by atoms with Gasteiger partial charge in [-0.25, -0.2) is 14.4 Å². The first-order chi connectivity index (χ1) is 16.8. The number of benzene rings is 2. The lowest BCUT2D eigenvalue weighted by molar-refractivity contribution is -0.144. The fourth-order valence-electron chi connectivity index (χ4n) is 4.24. The highest BCUT2D eigenvalue weighted by Crippen LogP contribution is 2.44. The van der Waals surface area contributed by atoms with Crippen molar-refractivity contribution in [3.8, 4) is 11.1 Å². The Morgan fingerprint density at radius 3 is 2.23 bits per heavy atom. The van der Waals surface area contributed by atoms with Crippen molar-refractivity contribution in [3.05, 3.63) is 72.3 Å². The van der Waals surface area contributed by atoms with E-state index >= 15 is 0 Å². The zero-order chi connectivity index (χ0) is 25.4. The number of aliphatic carboxylic acids is 1. The maximum absolute atomic E-state index is 12.6. The van der Waals surface area contributed by atoms with Gasteiger partial charge >= 0.3 is 18.2 Å². The molecule has 8 nitrogen and oxygen atoms in total. The smallest absolute Gasteiger partial charge is 0.409 e. The summed E-state index contributed by atoms with van der Waals surface area (Å²) in [7, 11) is 1.61. The average Bonchev–Trinajstić information content (AvgIpc) is 3.17. The SMILES string of the molecule is C=CCOC(=O)N(C)CCCC[C@](C)(NC(=O)OCC1c2ccccc2-c2ccccc21)C(=O)O. The lowest BCUT2D eigenvalue weighted by Gasteiger charge is -2.26. The molecule has 0 heterocycles. The Morgan fingerprint density at radius 1 is 1.06 bits per heavy atom. The van der Waals surface area contributed by atoms with Crippen LogP contribution in [0.2, 0.25) is 0 Å². The first-order valence-corrected chi connectivity index (χ1v) is 11.6. The van der Waals surface area contributed by atoms with Crippen molar-refractivity contribution >= 4 is 18.2 Å². The van der Waals surface area contributed by atoms with Gasteiger partial charge in [0.25, 0.3) is 0 Å². The first kappa shape index (κ1) is 25.8. The number of nitrogens with zero attached hydrogens (tertiary/aromatic N) is 1. The number of carboxylic acid groups (broad SMARTS) is 1. The zero-order valence-corrected chi connectivity index (χ0v) is 20.2. The molecule has 0 spiro atoms. The summed E-state index contributed by atoms with van der Waals surface area (Å²) in [5, 5.41) is 12.3. The van der Waals surface area contributed by atoms with Crippen molar-refractivity contribution in [1.82, 2.24) is 10.2 Å². The van der Waals surface area contributed by atoms with Gasteiger partial charge < -0.3 is 24.8 Å². The summed E-state index contributed by atoms with van der Waals surface area (Å²) < 4.78 is 10.5. The molecule has 0 aromatic heterocycles. The van der Waals surface area contributed by atoms with Crippen LogP contribution in [0.5, 0.6) is 0 Å². The van der Waals surface area contributed by atoms with Gasteiger partial charge in [-0.1, -0.05) is 61.2 Å². The molecular formula is C27H32N2O6. The standard InChI is InChI=1S/C27H32N2O6/c1-4-17-34-26(33)29(3)16-10-9-15-27(2,24(30)31)28-25(32)35-18-23-21-13-7-5-11-19(21)20-12-6-8-14-22(20)23/h4-8,11-14,23H,1,9-10,15-18H2,2-3H3,(H,28,32)(H,30,31)/t27-/m0/s1. The van der Waals surface area contributed by atoms with Gasteiger partial charge in [-0.3, -0.25) is 0 Å². The molecule has 8 heteroatoms. The molecule has 2 N–H and O–H groups in total. The van der Waals surface area contributed by atoms with E-state index in [1.807, 2.05) is 48.5 Å². The third-order valence-electron chi connectivity index (χ3n) is 6.25. The highest BCUT2D eigenvalue weighted by atomic mass is 16.6. The third-order valence-corrected chi connectivity index (χ3v) is 6.25. The Bertz CT molecular complexity index is 1040. The van der Waals surface area contributed by atoms with E-state index in [9.17, 15) is 19.5 Å². The van der Waals surface area contributed by atoms with Crippen LogP contribution < -0.4 is 5.32 Å². The molecular weight excluding hydrogens is 448 g/mol. The number of amides is 2. The molecule has 2 aromatic carbocycles. The summed E-state index contributed by atoms with van der Waals surface area (Å²) in [6.07, 6.45) is 1.45. The molecule has 1 aliphatic carbocycles. The number of carboxylic acids is 1. The van der Waals surface area contributed by atoms with Crippen LogP contribution in [-0.4, -0.2) is 60.5 Å². The Kier molecular flexibility index (Phi) is 8.52. The van der Waals surface area contributed by atoms with Crippen LogP contribution >= 0.6 is 0 Å². The maximum Gasteiger partial charge on any atom is 0.409 e. The normalized spacial score (nSPS) is 13.7. The van der Waals surface area contributed by atoms with Crippen molar-refractivity contribution in [2.24, 2.45) is 0 Å². The number of carbonyl (C=O) groups excluding carboxylic acids is 2. The summed E-state index contributed by atoms with van der Waals surface area (Å²) >= 11 is 0. The van der Waals surface area contributed by atoms with Gasteiger partial charge in [0.2, 0.25) is 0 Å². The highest BCUT2D eigenvalue weighted by Gasteiger charge is 2.36. The summed E-state index contributed by atoms with van der Waals surface area (Å²) in [4.78, 5) is 37.7. The molecule has 3 rings (SSSR count). The molecule has 0 saturated heterocycles. The van der Waals surface area contributed by atoms with E-state index in [4.69, 9.17) is 9.47 Å². The Morgan fingerprint density at radius 2 is 1.66 bits per heavy atom. The molecule has 2 aromatic rings. The van der Waals surface area contributed by atoms with Crippen molar-refractivity contribution in [3.63, 3.8) is 0 Å². The topological polar surface area (TPSA) is 105 Å². The van der Waals surface area contributed by atoms with E-state index < -0.39 is 23.7 Å². The second kappa shape index (κ2) is 11.6. The Labute approximate surface area is 205 Å². The zero-order valence-electron chi connectivity index (χ0n) is 20.2. The second-order valence-corrected chi connectivity index (χ2v) is 8.83. The predicted octanol–water partition coefficient (Wildman–Crippen LogP) is 4.79. The van der Waals surface area contributed by atoms with E-state index in [0.717, 1.165) is 22.3 Å². The van der Waals surface area contributed by atoms with Crippen molar-refractivity contribution in [2.75, 3.05) is 26.8 Å². The van der Waals surface area contributed by atoms with Crippen LogP contribution in [0, 0.1) is 0 Å². The van der Waals surface area contributed by atoms with Gasteiger partial charge in [0.1, 0.15) is 18.8 Å². The molecule has 0 saturated carbocycles. The minimum absolute atomic E-state index is 0.104. The number of unbranched alkanes of at least 4 members (excludes halogenated alkanes) is 1. The number of carbonyl (C=O) groups is 3. The van der Waals surface area contributed by atoms with E-state index in [-0.39, 0.29) is 25.6 Å². The van der Waals surface area contributed by atoms with Gasteiger partial charge in [-0.2, -0.15) is 0 Å². The van der Waals surface area contributed by atoms with E-state index in [1.54, 1.807) is 7.05 Å². The first-order valence-electron chi connectivity index (χ1n) is 11.6.